The molecular weight excluding hydrogens is 292 g/mol. The van der Waals surface area contributed by atoms with Crippen LogP contribution < -0.4 is 5.32 Å². The number of halogens is 3. The number of hydrogen-bond acceptors (Lipinski definition) is 1. The summed E-state index contributed by atoms with van der Waals surface area (Å²) in [4.78, 5) is 0. The molecule has 1 nitrogen and oxygen atoms in total. The van der Waals surface area contributed by atoms with Crippen molar-refractivity contribution in [1.82, 2.24) is 5.32 Å². The molecule has 2 aromatic rings. The molecule has 1 N–H and O–H groups in total. The Morgan fingerprint density at radius 2 is 1.76 bits per heavy atom. The lowest BCUT2D eigenvalue weighted by Crippen LogP contribution is -2.21. The average molecular weight is 310 g/mol. The first kappa shape index (κ1) is 15.9. The van der Waals surface area contributed by atoms with Crippen LogP contribution in [0.3, 0.4) is 0 Å². The second kappa shape index (κ2) is 6.54. The van der Waals surface area contributed by atoms with Gasteiger partial charge in [0.05, 0.1) is 5.02 Å². The van der Waals surface area contributed by atoms with Crippen LogP contribution in [0.15, 0.2) is 30.3 Å². The highest BCUT2D eigenvalue weighted by Gasteiger charge is 2.12. The van der Waals surface area contributed by atoms with Gasteiger partial charge < -0.3 is 5.32 Å². The topological polar surface area (TPSA) is 12.0 Å². The molecule has 0 aliphatic heterocycles. The van der Waals surface area contributed by atoms with Crippen molar-refractivity contribution in [3.05, 3.63) is 58.1 Å². The Morgan fingerprint density at radius 3 is 2.38 bits per heavy atom. The molecule has 112 valence electrons. The zero-order valence-corrected chi connectivity index (χ0v) is 13.1. The van der Waals surface area contributed by atoms with Gasteiger partial charge in [-0.2, -0.15) is 0 Å². The van der Waals surface area contributed by atoms with Crippen LogP contribution in [-0.4, -0.2) is 6.04 Å². The van der Waals surface area contributed by atoms with Gasteiger partial charge in [-0.25, -0.2) is 8.78 Å². The van der Waals surface area contributed by atoms with Crippen molar-refractivity contribution >= 4 is 11.6 Å². The van der Waals surface area contributed by atoms with E-state index in [1.54, 1.807) is 19.1 Å². The maximum absolute atomic E-state index is 14.3. The van der Waals surface area contributed by atoms with E-state index in [0.717, 1.165) is 5.56 Å². The number of hydrogen-bond donors (Lipinski definition) is 1. The molecule has 0 amide bonds. The van der Waals surface area contributed by atoms with Crippen molar-refractivity contribution in [2.75, 3.05) is 0 Å². The van der Waals surface area contributed by atoms with Gasteiger partial charge in [0.1, 0.15) is 11.6 Å². The minimum absolute atomic E-state index is 0.213. The number of benzene rings is 2. The molecule has 4 heteroatoms. The highest BCUT2D eigenvalue weighted by Crippen LogP contribution is 2.32. The smallest absolute Gasteiger partial charge is 0.131 e. The summed E-state index contributed by atoms with van der Waals surface area (Å²) in [5.41, 5.74) is 2.20. The number of aryl methyl sites for hydroxylation is 1. The molecule has 21 heavy (non-hydrogen) atoms. The van der Waals surface area contributed by atoms with Gasteiger partial charge in [0.15, 0.2) is 0 Å². The largest absolute Gasteiger partial charge is 0.310 e. The van der Waals surface area contributed by atoms with Crippen LogP contribution in [-0.2, 0) is 6.54 Å². The van der Waals surface area contributed by atoms with Crippen LogP contribution in [0.2, 0.25) is 5.02 Å². The van der Waals surface area contributed by atoms with Gasteiger partial charge in [-0.1, -0.05) is 37.6 Å². The molecule has 0 bridgehead atoms. The van der Waals surface area contributed by atoms with E-state index >= 15 is 0 Å². The van der Waals surface area contributed by atoms with Gasteiger partial charge in [-0.15, -0.1) is 0 Å². The molecule has 2 rings (SSSR count). The third-order valence-corrected chi connectivity index (χ3v) is 3.60. The maximum atomic E-state index is 14.3. The summed E-state index contributed by atoms with van der Waals surface area (Å²) >= 11 is 6.03. The zero-order chi connectivity index (χ0) is 15.6. The monoisotopic (exact) mass is 309 g/mol. The summed E-state index contributed by atoms with van der Waals surface area (Å²) in [6, 6.07) is 8.15. The van der Waals surface area contributed by atoms with E-state index in [0.29, 0.717) is 29.3 Å². The van der Waals surface area contributed by atoms with Crippen LogP contribution >= 0.6 is 11.6 Å². The van der Waals surface area contributed by atoms with E-state index in [4.69, 9.17) is 11.6 Å². The van der Waals surface area contributed by atoms with Gasteiger partial charge in [0.2, 0.25) is 0 Å². The van der Waals surface area contributed by atoms with Gasteiger partial charge in [0.25, 0.3) is 0 Å². The molecule has 0 aromatic heterocycles. The van der Waals surface area contributed by atoms with Gasteiger partial charge >= 0.3 is 0 Å². The summed E-state index contributed by atoms with van der Waals surface area (Å²) in [5.74, 6) is -0.743. The van der Waals surface area contributed by atoms with E-state index < -0.39 is 0 Å². The second-order valence-corrected chi connectivity index (χ2v) is 5.84. The Hall–Kier alpha value is -1.45. The number of nitrogens with one attached hydrogen (secondary N) is 1. The van der Waals surface area contributed by atoms with Crippen molar-refractivity contribution in [3.63, 3.8) is 0 Å². The van der Waals surface area contributed by atoms with Crippen LogP contribution in [0, 0.1) is 18.6 Å². The van der Waals surface area contributed by atoms with Crippen molar-refractivity contribution < 1.29 is 8.78 Å². The lowest BCUT2D eigenvalue weighted by atomic mass is 10.0. The van der Waals surface area contributed by atoms with Gasteiger partial charge in [-0.3, -0.25) is 0 Å². The lowest BCUT2D eigenvalue weighted by molar-refractivity contribution is 0.582. The van der Waals surface area contributed by atoms with Crippen molar-refractivity contribution in [3.8, 4) is 11.1 Å². The lowest BCUT2D eigenvalue weighted by Gasteiger charge is -2.11. The minimum Gasteiger partial charge on any atom is -0.310 e. The van der Waals surface area contributed by atoms with Crippen LogP contribution in [0.1, 0.15) is 25.0 Å². The van der Waals surface area contributed by atoms with E-state index in [-0.39, 0.29) is 16.7 Å². The highest BCUT2D eigenvalue weighted by atomic mass is 35.5. The normalized spacial score (nSPS) is 11.2. The van der Waals surface area contributed by atoms with Crippen molar-refractivity contribution in [2.45, 2.75) is 33.4 Å². The first-order valence-electron chi connectivity index (χ1n) is 6.86. The van der Waals surface area contributed by atoms with E-state index in [1.165, 1.54) is 12.1 Å². The Balaban J connectivity index is 2.35. The fraction of sp³-hybridized carbons (Fsp3) is 0.294. The highest BCUT2D eigenvalue weighted by molar-refractivity contribution is 6.33. The van der Waals surface area contributed by atoms with Crippen molar-refractivity contribution in [2.24, 2.45) is 0 Å². The molecule has 0 atom stereocenters. The fourth-order valence-corrected chi connectivity index (χ4v) is 2.32. The predicted molar refractivity (Wildman–Crippen MR) is 83.5 cm³/mol. The molecule has 0 saturated carbocycles. The van der Waals surface area contributed by atoms with E-state index in [1.807, 2.05) is 19.9 Å². The first-order valence-corrected chi connectivity index (χ1v) is 7.24. The molecule has 2 aromatic carbocycles. The summed E-state index contributed by atoms with van der Waals surface area (Å²) in [6.45, 7) is 6.30. The van der Waals surface area contributed by atoms with Crippen LogP contribution in [0.4, 0.5) is 8.78 Å². The zero-order valence-electron chi connectivity index (χ0n) is 12.3. The summed E-state index contributed by atoms with van der Waals surface area (Å²) in [6.07, 6.45) is 0. The third kappa shape index (κ3) is 3.80. The molecule has 0 radical (unpaired) electrons. The fourth-order valence-electron chi connectivity index (χ4n) is 2.07. The molecular formula is C17H18ClF2N. The summed E-state index contributed by atoms with van der Waals surface area (Å²) < 4.78 is 27.7. The van der Waals surface area contributed by atoms with E-state index in [9.17, 15) is 8.78 Å². The number of rotatable bonds is 4. The molecule has 0 aliphatic rings. The molecule has 0 saturated heterocycles. The second-order valence-electron chi connectivity index (χ2n) is 5.43. The molecule has 0 fully saturated rings. The maximum Gasteiger partial charge on any atom is 0.131 e. The Bertz CT molecular complexity index is 653. The van der Waals surface area contributed by atoms with Gasteiger partial charge in [-0.05, 0) is 36.2 Å². The average Bonchev–Trinajstić information content (AvgIpc) is 2.41. The van der Waals surface area contributed by atoms with Crippen LogP contribution in [0.5, 0.6) is 0 Å². The molecule has 0 spiro atoms. The predicted octanol–water partition coefficient (Wildman–Crippen LogP) is 5.09. The van der Waals surface area contributed by atoms with Crippen LogP contribution in [0.25, 0.3) is 11.1 Å². The Kier molecular flexibility index (Phi) is 4.96. The third-order valence-electron chi connectivity index (χ3n) is 3.29. The Labute approximate surface area is 128 Å². The minimum atomic E-state index is -0.387. The van der Waals surface area contributed by atoms with Gasteiger partial charge in [0, 0.05) is 23.7 Å². The molecule has 0 heterocycles. The quantitative estimate of drug-likeness (QED) is 0.829. The molecule has 0 unspecified atom stereocenters. The van der Waals surface area contributed by atoms with E-state index in [2.05, 4.69) is 5.32 Å². The standard InChI is InChI=1S/C17H18ClF2N/c1-10(2)21-9-12-4-5-13(17(20)7-12)14-6-11(3)16(19)8-15(14)18/h4-8,10,21H,9H2,1-3H3. The summed E-state index contributed by atoms with van der Waals surface area (Å²) in [7, 11) is 0. The van der Waals surface area contributed by atoms with Crippen molar-refractivity contribution in [1.29, 1.82) is 0 Å². The Morgan fingerprint density at radius 1 is 1.05 bits per heavy atom. The SMILES string of the molecule is Cc1cc(-c2ccc(CNC(C)C)cc2F)c(Cl)cc1F. The first-order chi connectivity index (χ1) is 9.88. The molecule has 0 aliphatic carbocycles. The summed E-state index contributed by atoms with van der Waals surface area (Å²) in [5, 5.41) is 3.45.